The zero-order valence-electron chi connectivity index (χ0n) is 16.9. The fourth-order valence-electron chi connectivity index (χ4n) is 2.51. The van der Waals surface area contributed by atoms with Crippen LogP contribution in [0.4, 0.5) is 0 Å². The summed E-state index contributed by atoms with van der Waals surface area (Å²) in [5, 5.41) is 3.24. The molecule has 0 heterocycles. The lowest BCUT2D eigenvalue weighted by Crippen LogP contribution is -2.45. The van der Waals surface area contributed by atoms with Gasteiger partial charge in [0.05, 0.1) is 13.1 Å². The highest BCUT2D eigenvalue weighted by molar-refractivity contribution is 14.0. The van der Waals surface area contributed by atoms with E-state index in [2.05, 4.69) is 16.9 Å². The van der Waals surface area contributed by atoms with Crippen LogP contribution in [-0.4, -0.2) is 61.5 Å². The molecule has 1 aromatic rings. The first kappa shape index (κ1) is 25.2. The van der Waals surface area contributed by atoms with E-state index in [1.54, 1.807) is 6.08 Å². The average molecular weight is 488 g/mol. The maximum absolute atomic E-state index is 12.3. The molecule has 0 aliphatic heterocycles. The summed E-state index contributed by atoms with van der Waals surface area (Å²) in [5.41, 5.74) is 0.994. The highest BCUT2D eigenvalue weighted by Gasteiger charge is 2.15. The molecule has 0 aliphatic rings. The second-order valence-electron chi connectivity index (χ2n) is 5.80. The molecule has 0 fully saturated rings. The van der Waals surface area contributed by atoms with Crippen molar-refractivity contribution in [3.8, 4) is 5.75 Å². The molecule has 0 radical (unpaired) electrons. The van der Waals surface area contributed by atoms with Crippen molar-refractivity contribution >= 4 is 35.8 Å². The van der Waals surface area contributed by atoms with Crippen LogP contribution in [0, 0.1) is 0 Å². The molecule has 27 heavy (non-hydrogen) atoms. The Bertz CT molecular complexity index is 603. The molecule has 1 amide bonds. The summed E-state index contributed by atoms with van der Waals surface area (Å²) in [5.74, 6) is 1.60. The van der Waals surface area contributed by atoms with Crippen molar-refractivity contribution in [2.24, 2.45) is 4.99 Å². The summed E-state index contributed by atoms with van der Waals surface area (Å²) in [6.45, 7) is 13.0. The molecular weight excluding hydrogens is 455 g/mol. The second kappa shape index (κ2) is 14.3. The van der Waals surface area contributed by atoms with Crippen molar-refractivity contribution in [3.05, 3.63) is 42.5 Å². The third-order valence-corrected chi connectivity index (χ3v) is 3.91. The van der Waals surface area contributed by atoms with Crippen molar-refractivity contribution in [2.45, 2.75) is 27.3 Å². The largest absolute Gasteiger partial charge is 0.489 e. The molecule has 0 spiro atoms. The van der Waals surface area contributed by atoms with E-state index in [9.17, 15) is 4.79 Å². The van der Waals surface area contributed by atoms with Crippen LogP contribution in [-0.2, 0) is 11.3 Å². The van der Waals surface area contributed by atoms with Gasteiger partial charge in [-0.3, -0.25) is 4.79 Å². The number of hydrogen-bond acceptors (Lipinski definition) is 3. The number of likely N-dealkylation sites (N-methyl/N-ethyl adjacent to an activating group) is 2. The van der Waals surface area contributed by atoms with E-state index < -0.39 is 0 Å². The Morgan fingerprint density at radius 1 is 1.26 bits per heavy atom. The first-order valence-electron chi connectivity index (χ1n) is 9.16. The maximum Gasteiger partial charge on any atom is 0.242 e. The van der Waals surface area contributed by atoms with Crippen molar-refractivity contribution in [1.82, 2.24) is 15.1 Å². The van der Waals surface area contributed by atoms with Crippen LogP contribution in [0.3, 0.4) is 0 Å². The Kier molecular flexibility index (Phi) is 13.4. The van der Waals surface area contributed by atoms with E-state index in [0.29, 0.717) is 38.7 Å². The Balaban J connectivity index is 0.00000676. The van der Waals surface area contributed by atoms with Crippen LogP contribution >= 0.6 is 24.0 Å². The first-order chi connectivity index (χ1) is 12.6. The number of ether oxygens (including phenoxy) is 1. The molecule has 0 atom stereocenters. The van der Waals surface area contributed by atoms with Gasteiger partial charge in [-0.15, -0.1) is 24.0 Å². The monoisotopic (exact) mass is 488 g/mol. The smallest absolute Gasteiger partial charge is 0.242 e. The highest BCUT2D eigenvalue weighted by atomic mass is 127. The number of benzene rings is 1. The van der Waals surface area contributed by atoms with Gasteiger partial charge in [0.15, 0.2) is 5.96 Å². The molecule has 0 aliphatic carbocycles. The van der Waals surface area contributed by atoms with Gasteiger partial charge >= 0.3 is 0 Å². The lowest BCUT2D eigenvalue weighted by Gasteiger charge is -2.25. The molecule has 1 aromatic carbocycles. The van der Waals surface area contributed by atoms with Gasteiger partial charge in [0, 0.05) is 32.2 Å². The Labute approximate surface area is 180 Å². The first-order valence-corrected chi connectivity index (χ1v) is 9.16. The van der Waals surface area contributed by atoms with E-state index in [4.69, 9.17) is 4.74 Å². The van der Waals surface area contributed by atoms with E-state index in [0.717, 1.165) is 17.9 Å². The number of hydrogen-bond donors (Lipinski definition) is 1. The SMILES string of the molecule is C=CCOc1ccccc1CN=C(NCC)N(C)CC(=O)N(CC)CC.I. The molecule has 6 nitrogen and oxygen atoms in total. The maximum atomic E-state index is 12.3. The zero-order chi connectivity index (χ0) is 19.4. The fourth-order valence-corrected chi connectivity index (χ4v) is 2.51. The van der Waals surface area contributed by atoms with Crippen LogP contribution in [0.25, 0.3) is 0 Å². The standard InChI is InChI=1S/C20H32N4O2.HI/c1-6-14-26-18-13-11-10-12-17(18)15-22-20(21-7-2)23(5)16-19(25)24(8-3)9-4;/h6,10-13H,1,7-9,14-16H2,2-5H3,(H,21,22);1H. The number of rotatable bonds is 10. The molecule has 7 heteroatoms. The van der Waals surface area contributed by atoms with E-state index in [1.165, 1.54) is 0 Å². The minimum absolute atomic E-state index is 0. The normalized spacial score (nSPS) is 10.6. The fraction of sp³-hybridized carbons (Fsp3) is 0.500. The molecule has 0 saturated heterocycles. The lowest BCUT2D eigenvalue weighted by molar-refractivity contribution is -0.131. The molecular formula is C20H33IN4O2. The third-order valence-electron chi connectivity index (χ3n) is 3.91. The minimum atomic E-state index is 0. The summed E-state index contributed by atoms with van der Waals surface area (Å²) in [7, 11) is 1.88. The summed E-state index contributed by atoms with van der Waals surface area (Å²) in [4.78, 5) is 20.7. The lowest BCUT2D eigenvalue weighted by atomic mass is 10.2. The predicted molar refractivity (Wildman–Crippen MR) is 123 cm³/mol. The molecule has 152 valence electrons. The molecule has 0 unspecified atom stereocenters. The molecule has 1 rings (SSSR count). The predicted octanol–water partition coefficient (Wildman–Crippen LogP) is 3.14. The number of carbonyl (C=O) groups excluding carboxylic acids is 1. The van der Waals surface area contributed by atoms with E-state index in [1.807, 2.05) is 61.9 Å². The zero-order valence-corrected chi connectivity index (χ0v) is 19.2. The Morgan fingerprint density at radius 3 is 2.52 bits per heavy atom. The second-order valence-corrected chi connectivity index (χ2v) is 5.80. The van der Waals surface area contributed by atoms with Crippen LogP contribution in [0.1, 0.15) is 26.3 Å². The molecule has 0 saturated carbocycles. The van der Waals surface area contributed by atoms with Crippen LogP contribution in [0.5, 0.6) is 5.75 Å². The quantitative estimate of drug-likeness (QED) is 0.238. The van der Waals surface area contributed by atoms with Gasteiger partial charge in [-0.05, 0) is 26.8 Å². The topological polar surface area (TPSA) is 57.2 Å². The Morgan fingerprint density at radius 2 is 1.93 bits per heavy atom. The van der Waals surface area contributed by atoms with Crippen LogP contribution in [0.15, 0.2) is 41.9 Å². The molecule has 1 N–H and O–H groups in total. The Hall–Kier alpha value is -1.77. The number of guanidine groups is 1. The summed E-state index contributed by atoms with van der Waals surface area (Å²) in [6.07, 6.45) is 1.72. The summed E-state index contributed by atoms with van der Waals surface area (Å²) >= 11 is 0. The van der Waals surface area contributed by atoms with Crippen molar-refractivity contribution in [1.29, 1.82) is 0 Å². The molecule has 0 aromatic heterocycles. The number of nitrogens with zero attached hydrogens (tertiary/aromatic N) is 3. The average Bonchev–Trinajstić information content (AvgIpc) is 2.65. The number of aliphatic imine (C=N–C) groups is 1. The van der Waals surface area contributed by atoms with Crippen molar-refractivity contribution in [3.63, 3.8) is 0 Å². The number of carbonyl (C=O) groups is 1. The number of para-hydroxylation sites is 1. The van der Waals surface area contributed by atoms with Crippen molar-refractivity contribution in [2.75, 3.05) is 39.8 Å². The number of nitrogens with one attached hydrogen (secondary N) is 1. The summed E-state index contributed by atoms with van der Waals surface area (Å²) < 4.78 is 5.68. The third kappa shape index (κ3) is 8.64. The van der Waals surface area contributed by atoms with Gasteiger partial charge in [0.2, 0.25) is 5.91 Å². The van der Waals surface area contributed by atoms with Gasteiger partial charge in [0.25, 0.3) is 0 Å². The van der Waals surface area contributed by atoms with Gasteiger partial charge < -0.3 is 19.9 Å². The highest BCUT2D eigenvalue weighted by Crippen LogP contribution is 2.19. The summed E-state index contributed by atoms with van der Waals surface area (Å²) in [6, 6.07) is 7.82. The van der Waals surface area contributed by atoms with Gasteiger partial charge in [-0.2, -0.15) is 0 Å². The van der Waals surface area contributed by atoms with Gasteiger partial charge in [-0.1, -0.05) is 30.9 Å². The van der Waals surface area contributed by atoms with Crippen molar-refractivity contribution < 1.29 is 9.53 Å². The van der Waals surface area contributed by atoms with Crippen LogP contribution < -0.4 is 10.1 Å². The van der Waals surface area contributed by atoms with Gasteiger partial charge in [-0.25, -0.2) is 4.99 Å². The number of amides is 1. The van der Waals surface area contributed by atoms with E-state index >= 15 is 0 Å². The number of halogens is 1. The van der Waals surface area contributed by atoms with Crippen LogP contribution in [0.2, 0.25) is 0 Å². The van der Waals surface area contributed by atoms with Gasteiger partial charge in [0.1, 0.15) is 12.4 Å². The molecule has 0 bridgehead atoms. The minimum Gasteiger partial charge on any atom is -0.489 e. The van der Waals surface area contributed by atoms with E-state index in [-0.39, 0.29) is 29.9 Å².